The minimum atomic E-state index is 0.354. The molecule has 0 fully saturated rings. The van der Waals surface area contributed by atoms with Crippen molar-refractivity contribution in [2.24, 2.45) is 0 Å². The van der Waals surface area contributed by atoms with Crippen LogP contribution in [0.15, 0.2) is 24.4 Å². The van der Waals surface area contributed by atoms with Gasteiger partial charge in [0.05, 0.1) is 6.61 Å². The molecule has 0 unspecified atom stereocenters. The molecule has 0 aliphatic carbocycles. The maximum Gasteiger partial charge on any atom is 0.146 e. The first-order valence-corrected chi connectivity index (χ1v) is 3.90. The van der Waals surface area contributed by atoms with E-state index in [2.05, 4.69) is 4.98 Å². The lowest BCUT2D eigenvalue weighted by Crippen LogP contribution is -2.02. The molecule has 3 nitrogen and oxygen atoms in total. The molecule has 1 aromatic rings. The number of hydrogen-bond donors (Lipinski definition) is 0. The molecule has 0 N–H and O–H groups in total. The average Bonchev–Trinajstić information content (AvgIpc) is 2.14. The van der Waals surface area contributed by atoms with Gasteiger partial charge < -0.3 is 9.47 Å². The van der Waals surface area contributed by atoms with E-state index < -0.39 is 0 Å². The van der Waals surface area contributed by atoms with Gasteiger partial charge in [0.25, 0.3) is 0 Å². The van der Waals surface area contributed by atoms with Crippen LogP contribution >= 0.6 is 0 Å². The third-order valence-corrected chi connectivity index (χ3v) is 1.43. The summed E-state index contributed by atoms with van der Waals surface area (Å²) in [6, 6.07) is 5.86. The smallest absolute Gasteiger partial charge is 0.146 e. The molecule has 1 heterocycles. The highest BCUT2D eigenvalue weighted by Crippen LogP contribution is 1.94. The van der Waals surface area contributed by atoms with Crippen molar-refractivity contribution in [3.05, 3.63) is 30.1 Å². The van der Waals surface area contributed by atoms with Gasteiger partial charge in [0, 0.05) is 25.4 Å². The van der Waals surface area contributed by atoms with E-state index in [-0.39, 0.29) is 0 Å². The van der Waals surface area contributed by atoms with Gasteiger partial charge >= 0.3 is 0 Å². The monoisotopic (exact) mass is 167 g/mol. The van der Waals surface area contributed by atoms with E-state index >= 15 is 0 Å². The zero-order valence-electron chi connectivity index (χ0n) is 7.19. The second-order valence-electron chi connectivity index (χ2n) is 2.39. The van der Waals surface area contributed by atoms with E-state index in [0.29, 0.717) is 13.4 Å². The first kappa shape index (κ1) is 9.16. The Labute approximate surface area is 72.3 Å². The van der Waals surface area contributed by atoms with E-state index in [0.717, 1.165) is 12.1 Å². The van der Waals surface area contributed by atoms with Crippen LogP contribution in [0.2, 0.25) is 0 Å². The van der Waals surface area contributed by atoms with Crippen LogP contribution in [0.3, 0.4) is 0 Å². The summed E-state index contributed by atoms with van der Waals surface area (Å²) in [6.07, 6.45) is 2.62. The molecule has 0 atom stereocenters. The highest BCUT2D eigenvalue weighted by atomic mass is 16.7. The van der Waals surface area contributed by atoms with Gasteiger partial charge in [0.2, 0.25) is 0 Å². The summed E-state index contributed by atoms with van der Waals surface area (Å²) >= 11 is 0. The number of pyridine rings is 1. The number of rotatable bonds is 5. The molecule has 0 saturated heterocycles. The molecule has 0 radical (unpaired) electrons. The quantitative estimate of drug-likeness (QED) is 0.488. The van der Waals surface area contributed by atoms with Crippen LogP contribution in [0.5, 0.6) is 0 Å². The van der Waals surface area contributed by atoms with Gasteiger partial charge in [-0.05, 0) is 12.1 Å². The lowest BCUT2D eigenvalue weighted by atomic mass is 10.3. The molecule has 0 amide bonds. The van der Waals surface area contributed by atoms with Crippen LogP contribution in [0.4, 0.5) is 0 Å². The summed E-state index contributed by atoms with van der Waals surface area (Å²) in [5, 5.41) is 0. The Bertz CT molecular complexity index is 201. The lowest BCUT2D eigenvalue weighted by Gasteiger charge is -2.01. The Kier molecular flexibility index (Phi) is 4.34. The highest BCUT2D eigenvalue weighted by Gasteiger charge is 1.91. The van der Waals surface area contributed by atoms with Crippen molar-refractivity contribution in [3.8, 4) is 0 Å². The van der Waals surface area contributed by atoms with Gasteiger partial charge in [0.1, 0.15) is 6.79 Å². The van der Waals surface area contributed by atoms with Gasteiger partial charge in [-0.3, -0.25) is 4.98 Å². The second kappa shape index (κ2) is 5.69. The van der Waals surface area contributed by atoms with Gasteiger partial charge in [-0.1, -0.05) is 6.07 Å². The van der Waals surface area contributed by atoms with Gasteiger partial charge in [-0.2, -0.15) is 0 Å². The molecular formula is C9H13NO2. The lowest BCUT2D eigenvalue weighted by molar-refractivity contribution is -0.0293. The molecule has 1 aromatic heterocycles. The standard InChI is InChI=1S/C9H13NO2/c1-11-8-12-7-5-9-4-2-3-6-10-9/h2-4,6H,5,7-8H2,1H3. The van der Waals surface area contributed by atoms with E-state index in [1.54, 1.807) is 13.3 Å². The third-order valence-electron chi connectivity index (χ3n) is 1.43. The van der Waals surface area contributed by atoms with E-state index in [1.165, 1.54) is 0 Å². The highest BCUT2D eigenvalue weighted by molar-refractivity contribution is 5.03. The van der Waals surface area contributed by atoms with Crippen molar-refractivity contribution >= 4 is 0 Å². The molecular weight excluding hydrogens is 154 g/mol. The Morgan fingerprint density at radius 1 is 1.42 bits per heavy atom. The molecule has 66 valence electrons. The van der Waals surface area contributed by atoms with Gasteiger partial charge in [-0.15, -0.1) is 0 Å². The van der Waals surface area contributed by atoms with E-state index in [4.69, 9.17) is 9.47 Å². The van der Waals surface area contributed by atoms with Gasteiger partial charge in [-0.25, -0.2) is 0 Å². The summed E-state index contributed by atoms with van der Waals surface area (Å²) in [6.45, 7) is 1.01. The summed E-state index contributed by atoms with van der Waals surface area (Å²) in [5.74, 6) is 0. The van der Waals surface area contributed by atoms with Gasteiger partial charge in [0.15, 0.2) is 0 Å². The molecule has 1 rings (SSSR count). The van der Waals surface area contributed by atoms with Crippen LogP contribution < -0.4 is 0 Å². The molecule has 0 bridgehead atoms. The maximum absolute atomic E-state index is 5.12. The number of methoxy groups -OCH3 is 1. The third kappa shape index (κ3) is 3.46. The fraction of sp³-hybridized carbons (Fsp3) is 0.444. The summed E-state index contributed by atoms with van der Waals surface area (Å²) < 4.78 is 9.86. The molecule has 0 saturated carbocycles. The Balaban J connectivity index is 2.16. The van der Waals surface area contributed by atoms with Crippen molar-refractivity contribution in [2.75, 3.05) is 20.5 Å². The van der Waals surface area contributed by atoms with Crippen LogP contribution in [-0.4, -0.2) is 25.5 Å². The minimum Gasteiger partial charge on any atom is -0.359 e. The van der Waals surface area contributed by atoms with Crippen LogP contribution in [0, 0.1) is 0 Å². The molecule has 0 aliphatic rings. The fourth-order valence-electron chi connectivity index (χ4n) is 0.865. The number of hydrogen-bond acceptors (Lipinski definition) is 3. The van der Waals surface area contributed by atoms with Crippen molar-refractivity contribution in [2.45, 2.75) is 6.42 Å². The van der Waals surface area contributed by atoms with Crippen LogP contribution in [0.25, 0.3) is 0 Å². The fourth-order valence-corrected chi connectivity index (χ4v) is 0.865. The molecule has 0 aromatic carbocycles. The van der Waals surface area contributed by atoms with Crippen LogP contribution in [-0.2, 0) is 15.9 Å². The molecule has 12 heavy (non-hydrogen) atoms. The minimum absolute atomic E-state index is 0.354. The van der Waals surface area contributed by atoms with Crippen molar-refractivity contribution in [1.29, 1.82) is 0 Å². The largest absolute Gasteiger partial charge is 0.359 e. The maximum atomic E-state index is 5.12. The Morgan fingerprint density at radius 2 is 2.33 bits per heavy atom. The summed E-state index contributed by atoms with van der Waals surface area (Å²) in [5.41, 5.74) is 1.05. The number of nitrogens with zero attached hydrogens (tertiary/aromatic N) is 1. The van der Waals surface area contributed by atoms with Crippen LogP contribution in [0.1, 0.15) is 5.69 Å². The zero-order chi connectivity index (χ0) is 8.65. The Hall–Kier alpha value is -0.930. The first-order valence-electron chi connectivity index (χ1n) is 3.90. The number of aromatic nitrogens is 1. The topological polar surface area (TPSA) is 31.4 Å². The molecule has 0 spiro atoms. The average molecular weight is 167 g/mol. The predicted molar refractivity (Wildman–Crippen MR) is 45.8 cm³/mol. The van der Waals surface area contributed by atoms with Crippen molar-refractivity contribution in [1.82, 2.24) is 4.98 Å². The predicted octanol–water partition coefficient (Wildman–Crippen LogP) is 1.24. The Morgan fingerprint density at radius 3 is 3.00 bits per heavy atom. The number of ether oxygens (including phenoxy) is 2. The normalized spacial score (nSPS) is 10.1. The summed E-state index contributed by atoms with van der Waals surface area (Å²) in [4.78, 5) is 4.16. The van der Waals surface area contributed by atoms with Crippen molar-refractivity contribution in [3.63, 3.8) is 0 Å². The summed E-state index contributed by atoms with van der Waals surface area (Å²) in [7, 11) is 1.61. The van der Waals surface area contributed by atoms with Crippen molar-refractivity contribution < 1.29 is 9.47 Å². The zero-order valence-corrected chi connectivity index (χ0v) is 7.19. The van der Waals surface area contributed by atoms with E-state index in [9.17, 15) is 0 Å². The first-order chi connectivity index (χ1) is 5.93. The van der Waals surface area contributed by atoms with E-state index in [1.807, 2.05) is 18.2 Å². The molecule has 0 aliphatic heterocycles. The molecule has 3 heteroatoms. The SMILES string of the molecule is COCOCCc1ccccn1. The second-order valence-corrected chi connectivity index (χ2v) is 2.39.